The standard InChI is InChI=1S/C18H26BrNO/c1-12-7-13(2)9-17(8-12)21-16-5-6-18(19)14(10-16)11-20-15-3-4-15/h5-6,10,12-13,15,17,20H,3-4,7-9,11H2,1-2H3. The summed E-state index contributed by atoms with van der Waals surface area (Å²) in [5.41, 5.74) is 1.30. The molecule has 0 aromatic heterocycles. The molecule has 2 aliphatic rings. The molecule has 2 atom stereocenters. The molecule has 21 heavy (non-hydrogen) atoms. The van der Waals surface area contributed by atoms with Crippen molar-refractivity contribution in [2.75, 3.05) is 0 Å². The highest BCUT2D eigenvalue weighted by atomic mass is 79.9. The average Bonchev–Trinajstić information content (AvgIpc) is 3.22. The normalized spacial score (nSPS) is 29.4. The van der Waals surface area contributed by atoms with Crippen LogP contribution in [-0.2, 0) is 6.54 Å². The van der Waals surface area contributed by atoms with Crippen LogP contribution in [0, 0.1) is 11.8 Å². The van der Waals surface area contributed by atoms with Crippen molar-refractivity contribution in [3.05, 3.63) is 28.2 Å². The molecule has 2 aliphatic carbocycles. The van der Waals surface area contributed by atoms with Crippen molar-refractivity contribution in [2.45, 2.75) is 64.6 Å². The molecule has 0 bridgehead atoms. The van der Waals surface area contributed by atoms with Gasteiger partial charge in [0, 0.05) is 17.1 Å². The Bertz CT molecular complexity index is 476. The van der Waals surface area contributed by atoms with E-state index in [1.54, 1.807) is 0 Å². The van der Waals surface area contributed by atoms with Gasteiger partial charge in [0.2, 0.25) is 0 Å². The zero-order valence-corrected chi connectivity index (χ0v) is 14.7. The van der Waals surface area contributed by atoms with Gasteiger partial charge in [-0.15, -0.1) is 0 Å². The van der Waals surface area contributed by atoms with E-state index >= 15 is 0 Å². The van der Waals surface area contributed by atoms with Crippen LogP contribution in [0.1, 0.15) is 51.5 Å². The van der Waals surface area contributed by atoms with Crippen molar-refractivity contribution in [2.24, 2.45) is 11.8 Å². The minimum atomic E-state index is 0.383. The predicted molar refractivity (Wildman–Crippen MR) is 90.6 cm³/mol. The van der Waals surface area contributed by atoms with E-state index in [2.05, 4.69) is 53.3 Å². The lowest BCUT2D eigenvalue weighted by atomic mass is 9.82. The fourth-order valence-corrected chi connectivity index (χ4v) is 3.85. The molecule has 0 spiro atoms. The van der Waals surface area contributed by atoms with Crippen LogP contribution in [0.15, 0.2) is 22.7 Å². The maximum Gasteiger partial charge on any atom is 0.120 e. The van der Waals surface area contributed by atoms with Gasteiger partial charge in [0.15, 0.2) is 0 Å². The van der Waals surface area contributed by atoms with Crippen molar-refractivity contribution in [3.63, 3.8) is 0 Å². The Hall–Kier alpha value is -0.540. The molecule has 3 rings (SSSR count). The van der Waals surface area contributed by atoms with Gasteiger partial charge in [0.25, 0.3) is 0 Å². The van der Waals surface area contributed by atoms with E-state index in [9.17, 15) is 0 Å². The van der Waals surface area contributed by atoms with Gasteiger partial charge in [-0.2, -0.15) is 0 Å². The lowest BCUT2D eigenvalue weighted by Crippen LogP contribution is -2.28. The second kappa shape index (κ2) is 6.70. The summed E-state index contributed by atoms with van der Waals surface area (Å²) < 4.78 is 7.44. The summed E-state index contributed by atoms with van der Waals surface area (Å²) in [6.45, 7) is 5.62. The molecule has 2 fully saturated rings. The first kappa shape index (κ1) is 15.4. The van der Waals surface area contributed by atoms with Crippen LogP contribution >= 0.6 is 15.9 Å². The fourth-order valence-electron chi connectivity index (χ4n) is 3.46. The van der Waals surface area contributed by atoms with Crippen molar-refractivity contribution < 1.29 is 4.74 Å². The van der Waals surface area contributed by atoms with E-state index in [-0.39, 0.29) is 0 Å². The molecule has 1 aromatic rings. The average molecular weight is 352 g/mol. The summed E-state index contributed by atoms with van der Waals surface area (Å²) in [6.07, 6.45) is 6.76. The Morgan fingerprint density at radius 3 is 2.52 bits per heavy atom. The first-order valence-electron chi connectivity index (χ1n) is 8.28. The van der Waals surface area contributed by atoms with Gasteiger partial charge in [0.05, 0.1) is 6.10 Å². The molecule has 0 saturated heterocycles. The topological polar surface area (TPSA) is 21.3 Å². The second-order valence-corrected chi connectivity index (χ2v) is 7.92. The van der Waals surface area contributed by atoms with Gasteiger partial charge in [-0.25, -0.2) is 0 Å². The lowest BCUT2D eigenvalue weighted by Gasteiger charge is -2.31. The molecule has 0 radical (unpaired) electrons. The molecular weight excluding hydrogens is 326 g/mol. The SMILES string of the molecule is CC1CC(C)CC(Oc2ccc(Br)c(CNC3CC3)c2)C1. The first-order chi connectivity index (χ1) is 10.1. The summed E-state index contributed by atoms with van der Waals surface area (Å²) in [5, 5.41) is 3.57. The summed E-state index contributed by atoms with van der Waals surface area (Å²) in [4.78, 5) is 0. The number of hydrogen-bond acceptors (Lipinski definition) is 2. The van der Waals surface area contributed by atoms with Crippen molar-refractivity contribution in [1.82, 2.24) is 5.32 Å². The Morgan fingerprint density at radius 2 is 1.86 bits per heavy atom. The number of hydrogen-bond donors (Lipinski definition) is 1. The molecule has 2 unspecified atom stereocenters. The fraction of sp³-hybridized carbons (Fsp3) is 0.667. The van der Waals surface area contributed by atoms with E-state index in [1.165, 1.54) is 42.1 Å². The molecule has 2 saturated carbocycles. The Kier molecular flexibility index (Phi) is 4.90. The molecule has 2 nitrogen and oxygen atoms in total. The highest BCUT2D eigenvalue weighted by molar-refractivity contribution is 9.10. The second-order valence-electron chi connectivity index (χ2n) is 7.07. The molecule has 0 aliphatic heterocycles. The monoisotopic (exact) mass is 351 g/mol. The van der Waals surface area contributed by atoms with Crippen LogP contribution in [0.4, 0.5) is 0 Å². The van der Waals surface area contributed by atoms with Gasteiger partial charge >= 0.3 is 0 Å². The molecular formula is C18H26BrNO. The van der Waals surface area contributed by atoms with E-state index in [1.807, 2.05) is 0 Å². The number of rotatable bonds is 5. The molecule has 1 N–H and O–H groups in total. The largest absolute Gasteiger partial charge is 0.490 e. The summed E-state index contributed by atoms with van der Waals surface area (Å²) in [7, 11) is 0. The van der Waals surface area contributed by atoms with Crippen LogP contribution in [-0.4, -0.2) is 12.1 Å². The maximum absolute atomic E-state index is 6.27. The van der Waals surface area contributed by atoms with Gasteiger partial charge in [-0.1, -0.05) is 29.8 Å². The third-order valence-corrected chi connectivity index (χ3v) is 5.39. The molecule has 3 heteroatoms. The van der Waals surface area contributed by atoms with Gasteiger partial charge in [-0.05, 0) is 67.7 Å². The Labute approximate surface area is 136 Å². The summed E-state index contributed by atoms with van der Waals surface area (Å²) >= 11 is 3.65. The first-order valence-corrected chi connectivity index (χ1v) is 9.08. The minimum Gasteiger partial charge on any atom is -0.490 e. The zero-order chi connectivity index (χ0) is 14.8. The number of nitrogens with one attached hydrogen (secondary N) is 1. The van der Waals surface area contributed by atoms with Gasteiger partial charge < -0.3 is 10.1 Å². The van der Waals surface area contributed by atoms with E-state index < -0.39 is 0 Å². The van der Waals surface area contributed by atoms with Crippen molar-refractivity contribution in [1.29, 1.82) is 0 Å². The smallest absolute Gasteiger partial charge is 0.120 e. The molecule has 0 amide bonds. The third kappa shape index (κ3) is 4.46. The van der Waals surface area contributed by atoms with E-state index in [0.29, 0.717) is 6.10 Å². The highest BCUT2D eigenvalue weighted by Gasteiger charge is 2.25. The van der Waals surface area contributed by atoms with E-state index in [4.69, 9.17) is 4.74 Å². The van der Waals surface area contributed by atoms with Crippen LogP contribution in [0.25, 0.3) is 0 Å². The van der Waals surface area contributed by atoms with Gasteiger partial charge in [0.1, 0.15) is 5.75 Å². The van der Waals surface area contributed by atoms with E-state index in [0.717, 1.165) is 30.2 Å². The Morgan fingerprint density at radius 1 is 1.14 bits per heavy atom. The van der Waals surface area contributed by atoms with Crippen LogP contribution in [0.5, 0.6) is 5.75 Å². The number of halogens is 1. The number of ether oxygens (including phenoxy) is 1. The van der Waals surface area contributed by atoms with Crippen LogP contribution in [0.3, 0.4) is 0 Å². The molecule has 1 aromatic carbocycles. The minimum absolute atomic E-state index is 0.383. The summed E-state index contributed by atoms with van der Waals surface area (Å²) in [5.74, 6) is 2.59. The summed E-state index contributed by atoms with van der Waals surface area (Å²) in [6, 6.07) is 7.15. The lowest BCUT2D eigenvalue weighted by molar-refractivity contribution is 0.101. The van der Waals surface area contributed by atoms with Crippen molar-refractivity contribution in [3.8, 4) is 5.75 Å². The van der Waals surface area contributed by atoms with Crippen molar-refractivity contribution >= 4 is 15.9 Å². The Balaban J connectivity index is 1.62. The third-order valence-electron chi connectivity index (χ3n) is 4.61. The number of benzene rings is 1. The predicted octanol–water partition coefficient (Wildman–Crippen LogP) is 4.90. The van der Waals surface area contributed by atoms with Crippen LogP contribution < -0.4 is 10.1 Å². The maximum atomic E-state index is 6.27. The van der Waals surface area contributed by atoms with Gasteiger partial charge in [-0.3, -0.25) is 0 Å². The molecule has 116 valence electrons. The molecule has 0 heterocycles. The highest BCUT2D eigenvalue weighted by Crippen LogP contribution is 2.32. The van der Waals surface area contributed by atoms with Crippen LogP contribution in [0.2, 0.25) is 0 Å². The quantitative estimate of drug-likeness (QED) is 0.813. The zero-order valence-electron chi connectivity index (χ0n) is 13.1.